The van der Waals surface area contributed by atoms with Crippen molar-refractivity contribution < 1.29 is 81.6 Å². The smallest absolute Gasteiger partial charge is 0.449 e. The molecule has 216 valence electrons. The Labute approximate surface area is 204 Å². The number of hydrogen-bond acceptors (Lipinski definition) is 6. The number of halogens is 12. The summed E-state index contributed by atoms with van der Waals surface area (Å²) < 4.78 is 170. The van der Waals surface area contributed by atoms with Gasteiger partial charge in [0.05, 0.1) is 6.61 Å². The lowest BCUT2D eigenvalue weighted by atomic mass is 10.0. The zero-order valence-electron chi connectivity index (χ0n) is 18.4. The number of rotatable bonds is 7. The van der Waals surface area contributed by atoms with Crippen molar-refractivity contribution in [2.24, 2.45) is 5.92 Å². The zero-order valence-corrected chi connectivity index (χ0v) is 18.4. The van der Waals surface area contributed by atoms with Crippen LogP contribution in [0.3, 0.4) is 0 Å². The van der Waals surface area contributed by atoms with E-state index in [1.54, 1.807) is 0 Å². The van der Waals surface area contributed by atoms with Crippen LogP contribution < -0.4 is 9.47 Å². The van der Waals surface area contributed by atoms with Crippen molar-refractivity contribution in [3.8, 4) is 11.5 Å². The highest BCUT2D eigenvalue weighted by molar-refractivity contribution is 5.84. The lowest BCUT2D eigenvalue weighted by molar-refractivity contribution is -0.354. The van der Waals surface area contributed by atoms with Crippen molar-refractivity contribution in [2.45, 2.75) is 61.6 Å². The van der Waals surface area contributed by atoms with Crippen molar-refractivity contribution in [1.29, 1.82) is 0 Å². The third-order valence-corrected chi connectivity index (χ3v) is 5.43. The predicted molar refractivity (Wildman–Crippen MR) is 97.5 cm³/mol. The fourth-order valence-corrected chi connectivity index (χ4v) is 3.35. The van der Waals surface area contributed by atoms with E-state index in [1.807, 2.05) is 0 Å². The summed E-state index contributed by atoms with van der Waals surface area (Å²) in [6.07, 6.45) is -24.2. The molecule has 0 aliphatic heterocycles. The fraction of sp³-hybridized carbons (Fsp3) is 0.600. The Morgan fingerprint density at radius 1 is 0.711 bits per heavy atom. The van der Waals surface area contributed by atoms with Gasteiger partial charge in [0.25, 0.3) is 0 Å². The topological polar surface area (TPSA) is 82.1 Å². The number of hydrogen-bond donors (Lipinski definition) is 1. The Morgan fingerprint density at radius 2 is 1.13 bits per heavy atom. The van der Waals surface area contributed by atoms with E-state index in [9.17, 15) is 62.3 Å². The highest BCUT2D eigenvalue weighted by Crippen LogP contribution is 2.48. The van der Waals surface area contributed by atoms with Gasteiger partial charge in [-0.3, -0.25) is 0 Å². The molecule has 1 fully saturated rings. The van der Waals surface area contributed by atoms with Gasteiger partial charge >= 0.3 is 47.8 Å². The van der Waals surface area contributed by atoms with Crippen LogP contribution in [0.1, 0.15) is 25.7 Å². The number of carbonyl (C=O) groups is 2. The second-order valence-electron chi connectivity index (χ2n) is 8.09. The van der Waals surface area contributed by atoms with Crippen LogP contribution in [0.15, 0.2) is 24.3 Å². The molecule has 6 nitrogen and oxygen atoms in total. The van der Waals surface area contributed by atoms with Crippen LogP contribution in [-0.2, 0) is 14.3 Å². The number of ether oxygens (including phenoxy) is 3. The molecule has 1 aromatic rings. The van der Waals surface area contributed by atoms with Gasteiger partial charge in [0.1, 0.15) is 11.5 Å². The minimum absolute atomic E-state index is 0.124. The first kappa shape index (κ1) is 31.3. The summed E-state index contributed by atoms with van der Waals surface area (Å²) >= 11 is 0. The molecule has 1 saturated carbocycles. The van der Waals surface area contributed by atoms with Gasteiger partial charge in [0.2, 0.25) is 0 Å². The molecule has 0 unspecified atom stereocenters. The largest absolute Gasteiger partial charge is 0.462 e. The van der Waals surface area contributed by atoms with Crippen LogP contribution in [0.25, 0.3) is 0 Å². The molecule has 0 spiro atoms. The number of benzene rings is 1. The van der Waals surface area contributed by atoms with E-state index in [1.165, 1.54) is 0 Å². The zero-order chi connectivity index (χ0) is 29.4. The standard InChI is InChI=1S/C20H16F12O6/c21-17(22,23)15(35,18(24,25)26)13(33)37-11-5-7-12(8-6-11)38-16(19(27,28)29,20(30,31)32)14(34)36-9-10-3-1-2-4-10/h5-8,10,35H,1-4,9H2. The maximum absolute atomic E-state index is 13.7. The third-order valence-electron chi connectivity index (χ3n) is 5.43. The van der Waals surface area contributed by atoms with Crippen LogP contribution in [0.5, 0.6) is 11.5 Å². The van der Waals surface area contributed by atoms with Gasteiger partial charge in [-0.1, -0.05) is 12.8 Å². The molecule has 1 aliphatic carbocycles. The second kappa shape index (κ2) is 10.3. The summed E-state index contributed by atoms with van der Waals surface area (Å²) in [4.78, 5) is 23.6. The molecule has 18 heteroatoms. The summed E-state index contributed by atoms with van der Waals surface area (Å²) in [5.74, 6) is -9.36. The molecule has 0 amide bonds. The fourth-order valence-electron chi connectivity index (χ4n) is 3.35. The number of alkyl halides is 12. The van der Waals surface area contributed by atoms with Gasteiger partial charge in [-0.2, -0.15) is 52.7 Å². The van der Waals surface area contributed by atoms with Crippen molar-refractivity contribution in [3.63, 3.8) is 0 Å². The van der Waals surface area contributed by atoms with E-state index in [4.69, 9.17) is 5.11 Å². The summed E-state index contributed by atoms with van der Waals surface area (Å²) in [5, 5.41) is 8.94. The summed E-state index contributed by atoms with van der Waals surface area (Å²) in [5.41, 5.74) is -11.6. The Balaban J connectivity index is 2.34. The molecule has 1 N–H and O–H groups in total. The summed E-state index contributed by atoms with van der Waals surface area (Å²) in [6, 6.07) is 0.558. The first-order valence-corrected chi connectivity index (χ1v) is 10.3. The molecule has 38 heavy (non-hydrogen) atoms. The molecule has 1 aliphatic rings. The van der Waals surface area contributed by atoms with E-state index in [0.29, 0.717) is 25.7 Å². The molecule has 0 radical (unpaired) electrons. The van der Waals surface area contributed by atoms with E-state index < -0.39 is 71.9 Å². The minimum Gasteiger partial charge on any atom is -0.462 e. The van der Waals surface area contributed by atoms with Crippen LogP contribution in [0.4, 0.5) is 52.7 Å². The maximum atomic E-state index is 13.7. The van der Waals surface area contributed by atoms with Crippen molar-refractivity contribution in [2.75, 3.05) is 6.61 Å². The van der Waals surface area contributed by atoms with E-state index in [-0.39, 0.29) is 24.3 Å². The quantitative estimate of drug-likeness (QED) is 0.264. The Kier molecular flexibility index (Phi) is 8.51. The lowest BCUT2D eigenvalue weighted by Crippen LogP contribution is -2.67. The van der Waals surface area contributed by atoms with Crippen LogP contribution in [-0.4, -0.2) is 59.6 Å². The van der Waals surface area contributed by atoms with E-state index in [2.05, 4.69) is 14.2 Å². The molecule has 0 heterocycles. The second-order valence-corrected chi connectivity index (χ2v) is 8.09. The molecule has 0 bridgehead atoms. The third kappa shape index (κ3) is 5.88. The Bertz CT molecular complexity index is 960. The molecule has 0 saturated heterocycles. The first-order chi connectivity index (χ1) is 17.1. The van der Waals surface area contributed by atoms with Crippen LogP contribution >= 0.6 is 0 Å². The SMILES string of the molecule is O=C(Oc1ccc(OC(C(=O)OCC2CCCC2)(C(F)(F)F)C(F)(F)F)cc1)C(O)(C(F)(F)F)C(F)(F)F. The lowest BCUT2D eigenvalue weighted by Gasteiger charge is -2.35. The van der Waals surface area contributed by atoms with Crippen molar-refractivity contribution in [3.05, 3.63) is 24.3 Å². The highest BCUT2D eigenvalue weighted by Gasteiger charge is 2.80. The Morgan fingerprint density at radius 3 is 1.53 bits per heavy atom. The normalized spacial score (nSPS) is 16.3. The minimum atomic E-state index is -6.62. The molecular weight excluding hydrogens is 564 g/mol. The summed E-state index contributed by atoms with van der Waals surface area (Å²) in [7, 11) is 0. The van der Waals surface area contributed by atoms with Gasteiger partial charge in [-0.05, 0) is 43.0 Å². The number of carbonyl (C=O) groups excluding carboxylic acids is 2. The number of aliphatic hydroxyl groups is 1. The average Bonchev–Trinajstić information content (AvgIpc) is 3.26. The van der Waals surface area contributed by atoms with Gasteiger partial charge in [0, 0.05) is 0 Å². The molecule has 2 rings (SSSR count). The van der Waals surface area contributed by atoms with Crippen LogP contribution in [0.2, 0.25) is 0 Å². The monoisotopic (exact) mass is 580 g/mol. The highest BCUT2D eigenvalue weighted by atomic mass is 19.4. The molecule has 0 atom stereocenters. The van der Waals surface area contributed by atoms with E-state index >= 15 is 0 Å². The van der Waals surface area contributed by atoms with Crippen LogP contribution in [0, 0.1) is 5.92 Å². The first-order valence-electron chi connectivity index (χ1n) is 10.3. The van der Waals surface area contributed by atoms with Gasteiger partial charge < -0.3 is 19.3 Å². The maximum Gasteiger partial charge on any atom is 0.449 e. The molecule has 0 aromatic heterocycles. The van der Waals surface area contributed by atoms with Crippen molar-refractivity contribution in [1.82, 2.24) is 0 Å². The van der Waals surface area contributed by atoms with Gasteiger partial charge in [-0.15, -0.1) is 0 Å². The molecular formula is C20H16F12O6. The van der Waals surface area contributed by atoms with E-state index in [0.717, 1.165) is 0 Å². The Hall–Kier alpha value is -2.92. The van der Waals surface area contributed by atoms with Gasteiger partial charge in [-0.25, -0.2) is 9.59 Å². The average molecular weight is 580 g/mol. The van der Waals surface area contributed by atoms with Crippen molar-refractivity contribution >= 4 is 11.9 Å². The summed E-state index contributed by atoms with van der Waals surface area (Å²) in [6.45, 7) is -0.772. The predicted octanol–water partition coefficient (Wildman–Crippen LogP) is 5.42. The molecule has 1 aromatic carbocycles. The van der Waals surface area contributed by atoms with Gasteiger partial charge in [0.15, 0.2) is 0 Å². The number of esters is 2.